The van der Waals surface area contributed by atoms with Gasteiger partial charge in [0.05, 0.1) is 12.7 Å². The maximum Gasteiger partial charge on any atom is 0.577 e. The number of hydrogen-bond donors (Lipinski definition) is 0. The third-order valence-corrected chi connectivity index (χ3v) is 4.46. The summed E-state index contributed by atoms with van der Waals surface area (Å²) in [5.41, 5.74) is 0.571. The molecular weight excluding hydrogens is 365 g/mol. The van der Waals surface area contributed by atoms with Gasteiger partial charge in [-0.2, -0.15) is 0 Å². The highest BCUT2D eigenvalue weighted by Gasteiger charge is 2.39. The molecule has 1 unspecified atom stereocenters. The molecule has 0 heterocycles. The van der Waals surface area contributed by atoms with Gasteiger partial charge >= 0.3 is 18.5 Å². The normalized spacial score (nSPS) is 18.1. The smallest absolute Gasteiger partial charge is 0.465 e. The molecule has 1 aromatic rings. The van der Waals surface area contributed by atoms with Gasteiger partial charge in [-0.15, -0.1) is 13.2 Å². The topological polar surface area (TPSA) is 61.8 Å². The van der Waals surface area contributed by atoms with Crippen LogP contribution in [0.1, 0.15) is 68.8 Å². The van der Waals surface area contributed by atoms with E-state index >= 15 is 0 Å². The van der Waals surface area contributed by atoms with Crippen LogP contribution in [0, 0.1) is 5.41 Å². The summed E-state index contributed by atoms with van der Waals surface area (Å²) in [4.78, 5) is 23.1. The summed E-state index contributed by atoms with van der Waals surface area (Å²) in [6.45, 7) is 8.04. The third-order valence-electron chi connectivity index (χ3n) is 4.46. The molecule has 1 aliphatic carbocycles. The largest absolute Gasteiger partial charge is 0.577 e. The number of hydrogen-bond acceptors (Lipinski definition) is 5. The summed E-state index contributed by atoms with van der Waals surface area (Å²) in [5, 5.41) is 0. The molecule has 2 rings (SSSR count). The molecule has 0 aliphatic heterocycles. The molecule has 1 aromatic carbocycles. The van der Waals surface area contributed by atoms with E-state index in [2.05, 4.69) is 9.47 Å². The molecule has 0 radical (unpaired) electrons. The summed E-state index contributed by atoms with van der Waals surface area (Å²) >= 11 is 0. The monoisotopic (exact) mass is 390 g/mol. The maximum absolute atomic E-state index is 12.2. The zero-order valence-corrected chi connectivity index (χ0v) is 16.1. The Hall–Kier alpha value is -2.25. The minimum absolute atomic E-state index is 0.0538. The summed E-state index contributed by atoms with van der Waals surface area (Å²) in [6.07, 6.45) is -4.40. The summed E-state index contributed by atoms with van der Waals surface area (Å²) in [7, 11) is 1.23. The van der Waals surface area contributed by atoms with Gasteiger partial charge in [0.1, 0.15) is 5.75 Å². The molecule has 8 heteroatoms. The van der Waals surface area contributed by atoms with Crippen molar-refractivity contribution in [2.24, 2.45) is 5.41 Å². The molecule has 0 aromatic heterocycles. The van der Waals surface area contributed by atoms with Crippen LogP contribution in [0.4, 0.5) is 18.0 Å². The van der Waals surface area contributed by atoms with E-state index in [4.69, 9.17) is 4.74 Å². The van der Waals surface area contributed by atoms with Crippen LogP contribution in [0.5, 0.6) is 5.75 Å². The van der Waals surface area contributed by atoms with Gasteiger partial charge in [-0.3, -0.25) is 0 Å². The van der Waals surface area contributed by atoms with Gasteiger partial charge in [0.15, 0.2) is 0 Å². The lowest BCUT2D eigenvalue weighted by Crippen LogP contribution is -2.23. The number of ether oxygens (including phenoxy) is 3. The molecule has 0 saturated heterocycles. The van der Waals surface area contributed by atoms with Crippen molar-refractivity contribution < 1.29 is 37.0 Å². The highest BCUT2D eigenvalue weighted by Crippen LogP contribution is 2.51. The fraction of sp³-hybridized carbons (Fsp3) is 0.579. The van der Waals surface area contributed by atoms with Crippen molar-refractivity contribution in [1.82, 2.24) is 0 Å². The first-order valence-electron chi connectivity index (χ1n) is 8.73. The van der Waals surface area contributed by atoms with Crippen LogP contribution in [-0.4, -0.2) is 25.6 Å². The standard InChI is InChI=1S/C17H19F3O5.C2H6/c1-16(2)8-4-5-12(16)11-9-10(14(21)23-3)6-7-13(11)24-15(22)25-17(18,19)20;1-2/h6-7,9,12H,4-5,8H2,1-3H3;1-2H3. The van der Waals surface area contributed by atoms with E-state index in [0.29, 0.717) is 5.56 Å². The highest BCUT2D eigenvalue weighted by atomic mass is 19.4. The molecule has 1 aliphatic rings. The van der Waals surface area contributed by atoms with Crippen molar-refractivity contribution in [3.63, 3.8) is 0 Å². The molecule has 0 N–H and O–H groups in total. The van der Waals surface area contributed by atoms with E-state index in [-0.39, 0.29) is 22.6 Å². The molecule has 1 fully saturated rings. The molecule has 1 saturated carbocycles. The van der Waals surface area contributed by atoms with Gasteiger partial charge in [-0.1, -0.05) is 34.1 Å². The van der Waals surface area contributed by atoms with Gasteiger partial charge in [-0.25, -0.2) is 9.59 Å². The van der Waals surface area contributed by atoms with Crippen molar-refractivity contribution in [2.75, 3.05) is 7.11 Å². The second kappa shape index (κ2) is 9.10. The van der Waals surface area contributed by atoms with Crippen LogP contribution in [0.2, 0.25) is 0 Å². The number of methoxy groups -OCH3 is 1. The molecule has 0 amide bonds. The fourth-order valence-corrected chi connectivity index (χ4v) is 3.27. The summed E-state index contributed by atoms with van der Waals surface area (Å²) < 4.78 is 49.2. The average molecular weight is 390 g/mol. The highest BCUT2D eigenvalue weighted by molar-refractivity contribution is 5.90. The zero-order chi connectivity index (χ0) is 20.8. The number of benzene rings is 1. The SMILES string of the molecule is CC.COC(=O)c1ccc(OC(=O)OC(F)(F)F)c(C2CCCC2(C)C)c1. The van der Waals surface area contributed by atoms with E-state index in [1.54, 1.807) is 0 Å². The molecule has 27 heavy (non-hydrogen) atoms. The summed E-state index contributed by atoms with van der Waals surface area (Å²) in [5.74, 6) is -0.714. The Morgan fingerprint density at radius 1 is 1.19 bits per heavy atom. The quantitative estimate of drug-likeness (QED) is 0.480. The fourth-order valence-electron chi connectivity index (χ4n) is 3.27. The average Bonchev–Trinajstić information content (AvgIpc) is 2.93. The molecule has 0 bridgehead atoms. The number of carbonyl (C=O) groups excluding carboxylic acids is 2. The predicted octanol–water partition coefficient (Wildman–Crippen LogP) is 5.83. The lowest BCUT2D eigenvalue weighted by molar-refractivity contribution is -0.296. The van der Waals surface area contributed by atoms with Gasteiger partial charge in [0.2, 0.25) is 0 Å². The van der Waals surface area contributed by atoms with E-state index in [0.717, 1.165) is 19.3 Å². The molecule has 152 valence electrons. The Morgan fingerprint density at radius 3 is 2.30 bits per heavy atom. The number of carbonyl (C=O) groups is 2. The Balaban J connectivity index is 0.00000176. The molecular formula is C19H25F3O5. The van der Waals surface area contributed by atoms with E-state index < -0.39 is 18.5 Å². The van der Waals surface area contributed by atoms with Crippen LogP contribution >= 0.6 is 0 Å². The van der Waals surface area contributed by atoms with Crippen molar-refractivity contribution in [1.29, 1.82) is 0 Å². The van der Waals surface area contributed by atoms with Crippen LogP contribution in [0.15, 0.2) is 18.2 Å². The lowest BCUT2D eigenvalue weighted by atomic mass is 9.77. The van der Waals surface area contributed by atoms with Crippen LogP contribution in [0.3, 0.4) is 0 Å². The minimum Gasteiger partial charge on any atom is -0.465 e. The maximum atomic E-state index is 12.2. The van der Waals surface area contributed by atoms with Crippen LogP contribution in [-0.2, 0) is 9.47 Å². The second-order valence-electron chi connectivity index (χ2n) is 6.58. The molecule has 1 atom stereocenters. The Morgan fingerprint density at radius 2 is 1.81 bits per heavy atom. The lowest BCUT2D eigenvalue weighted by Gasteiger charge is -2.28. The zero-order valence-electron chi connectivity index (χ0n) is 16.1. The molecule has 5 nitrogen and oxygen atoms in total. The van der Waals surface area contributed by atoms with E-state index in [1.807, 2.05) is 27.7 Å². The van der Waals surface area contributed by atoms with Crippen LogP contribution in [0.25, 0.3) is 0 Å². The van der Waals surface area contributed by atoms with Crippen LogP contribution < -0.4 is 4.74 Å². The van der Waals surface area contributed by atoms with Gasteiger partial charge in [-0.05, 0) is 47.9 Å². The van der Waals surface area contributed by atoms with Gasteiger partial charge in [0.25, 0.3) is 0 Å². The van der Waals surface area contributed by atoms with Crippen molar-refractivity contribution >= 4 is 12.1 Å². The first-order valence-corrected chi connectivity index (χ1v) is 8.73. The number of esters is 1. The predicted molar refractivity (Wildman–Crippen MR) is 92.7 cm³/mol. The first-order chi connectivity index (χ1) is 12.5. The molecule has 0 spiro atoms. The van der Waals surface area contributed by atoms with E-state index in [1.165, 1.54) is 25.3 Å². The number of alkyl halides is 3. The van der Waals surface area contributed by atoms with E-state index in [9.17, 15) is 22.8 Å². The Labute approximate surface area is 156 Å². The first kappa shape index (κ1) is 22.8. The van der Waals surface area contributed by atoms with Crippen molar-refractivity contribution in [3.05, 3.63) is 29.3 Å². The minimum atomic E-state index is -5.13. The Kier molecular flexibility index (Phi) is 7.68. The Bertz CT molecular complexity index is 668. The third kappa shape index (κ3) is 6.15. The van der Waals surface area contributed by atoms with Crippen molar-refractivity contribution in [3.8, 4) is 5.75 Å². The number of rotatable bonds is 3. The number of halogens is 3. The van der Waals surface area contributed by atoms with Gasteiger partial charge in [0, 0.05) is 0 Å². The summed E-state index contributed by atoms with van der Waals surface area (Å²) in [6, 6.07) is 4.11. The van der Waals surface area contributed by atoms with Crippen molar-refractivity contribution in [2.45, 2.75) is 59.2 Å². The second-order valence-corrected chi connectivity index (χ2v) is 6.58. The van der Waals surface area contributed by atoms with Gasteiger partial charge < -0.3 is 14.2 Å².